The molecule has 0 radical (unpaired) electrons. The summed E-state index contributed by atoms with van der Waals surface area (Å²) in [6.07, 6.45) is 0. The standard InChI is InChI=1S/C12H13F2N3O/c1-6(2)10(15)11-16-12(18-17-11)8-5-7(13)3-4-9(8)14/h3-6,10H,15H2,1-2H3. The number of hydrogen-bond donors (Lipinski definition) is 1. The summed E-state index contributed by atoms with van der Waals surface area (Å²) in [6, 6.07) is 2.64. The summed E-state index contributed by atoms with van der Waals surface area (Å²) in [6.45, 7) is 3.81. The van der Waals surface area contributed by atoms with Gasteiger partial charge in [0.25, 0.3) is 5.89 Å². The zero-order chi connectivity index (χ0) is 13.3. The van der Waals surface area contributed by atoms with E-state index in [-0.39, 0.29) is 23.2 Å². The minimum absolute atomic E-state index is 0.0651. The average molecular weight is 253 g/mol. The maximum atomic E-state index is 13.5. The summed E-state index contributed by atoms with van der Waals surface area (Å²) >= 11 is 0. The smallest absolute Gasteiger partial charge is 0.261 e. The minimum Gasteiger partial charge on any atom is -0.334 e. The molecule has 18 heavy (non-hydrogen) atoms. The Hall–Kier alpha value is -1.82. The second kappa shape index (κ2) is 4.81. The number of benzene rings is 1. The first-order valence-electron chi connectivity index (χ1n) is 5.53. The summed E-state index contributed by atoms with van der Waals surface area (Å²) in [4.78, 5) is 3.99. The number of nitrogens with two attached hydrogens (primary N) is 1. The van der Waals surface area contributed by atoms with Gasteiger partial charge in [-0.2, -0.15) is 4.98 Å². The predicted octanol–water partition coefficient (Wildman–Crippen LogP) is 2.67. The average Bonchev–Trinajstić information content (AvgIpc) is 2.80. The Balaban J connectivity index is 2.38. The van der Waals surface area contributed by atoms with Crippen molar-refractivity contribution in [3.8, 4) is 11.5 Å². The van der Waals surface area contributed by atoms with Gasteiger partial charge >= 0.3 is 0 Å². The molecule has 1 heterocycles. The number of halogens is 2. The van der Waals surface area contributed by atoms with Gasteiger partial charge in [0.1, 0.15) is 11.6 Å². The molecule has 0 aliphatic carbocycles. The molecule has 1 aromatic carbocycles. The van der Waals surface area contributed by atoms with Crippen molar-refractivity contribution >= 4 is 0 Å². The van der Waals surface area contributed by atoms with E-state index in [0.29, 0.717) is 0 Å². The van der Waals surface area contributed by atoms with Crippen LogP contribution in [0.15, 0.2) is 22.7 Å². The fourth-order valence-corrected chi connectivity index (χ4v) is 1.44. The molecular formula is C12H13F2N3O. The third kappa shape index (κ3) is 2.38. The van der Waals surface area contributed by atoms with Crippen LogP contribution in [0.5, 0.6) is 0 Å². The van der Waals surface area contributed by atoms with Crippen molar-refractivity contribution in [3.63, 3.8) is 0 Å². The van der Waals surface area contributed by atoms with E-state index >= 15 is 0 Å². The van der Waals surface area contributed by atoms with Crippen LogP contribution in [-0.4, -0.2) is 10.1 Å². The van der Waals surface area contributed by atoms with Crippen molar-refractivity contribution in [1.29, 1.82) is 0 Å². The van der Waals surface area contributed by atoms with Crippen LogP contribution in [-0.2, 0) is 0 Å². The van der Waals surface area contributed by atoms with E-state index in [1.54, 1.807) is 0 Å². The zero-order valence-corrected chi connectivity index (χ0v) is 10.0. The molecule has 2 N–H and O–H groups in total. The highest BCUT2D eigenvalue weighted by molar-refractivity contribution is 5.53. The summed E-state index contributed by atoms with van der Waals surface area (Å²) in [5, 5.41) is 3.68. The Bertz CT molecular complexity index is 554. The van der Waals surface area contributed by atoms with Crippen LogP contribution in [0.1, 0.15) is 25.7 Å². The molecule has 4 nitrogen and oxygen atoms in total. The Labute approximate surface area is 103 Å². The van der Waals surface area contributed by atoms with Gasteiger partial charge in [0, 0.05) is 0 Å². The maximum absolute atomic E-state index is 13.5. The van der Waals surface area contributed by atoms with Gasteiger partial charge in [0.2, 0.25) is 0 Å². The molecular weight excluding hydrogens is 240 g/mol. The fourth-order valence-electron chi connectivity index (χ4n) is 1.44. The van der Waals surface area contributed by atoms with Gasteiger partial charge in [-0.3, -0.25) is 0 Å². The molecule has 96 valence electrons. The molecule has 2 aromatic rings. The second-order valence-corrected chi connectivity index (χ2v) is 4.35. The highest BCUT2D eigenvalue weighted by atomic mass is 19.1. The van der Waals surface area contributed by atoms with E-state index in [4.69, 9.17) is 10.3 Å². The Kier molecular flexibility index (Phi) is 3.38. The van der Waals surface area contributed by atoms with Crippen LogP contribution >= 0.6 is 0 Å². The van der Waals surface area contributed by atoms with Crippen LogP contribution in [0.3, 0.4) is 0 Å². The quantitative estimate of drug-likeness (QED) is 0.913. The third-order valence-electron chi connectivity index (χ3n) is 2.62. The van der Waals surface area contributed by atoms with Crippen molar-refractivity contribution in [1.82, 2.24) is 10.1 Å². The lowest BCUT2D eigenvalue weighted by molar-refractivity contribution is 0.398. The monoisotopic (exact) mass is 253 g/mol. The first-order valence-corrected chi connectivity index (χ1v) is 5.53. The molecule has 1 aromatic heterocycles. The molecule has 2 rings (SSSR count). The normalized spacial score (nSPS) is 13.0. The molecule has 0 saturated carbocycles. The van der Waals surface area contributed by atoms with Crippen LogP contribution in [0.25, 0.3) is 11.5 Å². The highest BCUT2D eigenvalue weighted by Crippen LogP contribution is 2.24. The molecule has 6 heteroatoms. The lowest BCUT2D eigenvalue weighted by atomic mass is 10.1. The van der Waals surface area contributed by atoms with E-state index in [0.717, 1.165) is 18.2 Å². The molecule has 1 atom stereocenters. The topological polar surface area (TPSA) is 64.9 Å². The molecule has 0 fully saturated rings. The van der Waals surface area contributed by atoms with Crippen molar-refractivity contribution < 1.29 is 13.3 Å². The second-order valence-electron chi connectivity index (χ2n) is 4.35. The summed E-state index contributed by atoms with van der Waals surface area (Å²) in [5.41, 5.74) is 5.78. The van der Waals surface area contributed by atoms with Crippen molar-refractivity contribution in [2.75, 3.05) is 0 Å². The first-order chi connectivity index (χ1) is 8.49. The lowest BCUT2D eigenvalue weighted by Crippen LogP contribution is -2.18. The van der Waals surface area contributed by atoms with Crippen molar-refractivity contribution in [2.24, 2.45) is 11.7 Å². The number of hydrogen-bond acceptors (Lipinski definition) is 4. The third-order valence-corrected chi connectivity index (χ3v) is 2.62. The van der Waals surface area contributed by atoms with Gasteiger partial charge in [-0.25, -0.2) is 8.78 Å². The highest BCUT2D eigenvalue weighted by Gasteiger charge is 2.20. The van der Waals surface area contributed by atoms with Gasteiger partial charge in [0.05, 0.1) is 11.6 Å². The predicted molar refractivity (Wildman–Crippen MR) is 61.4 cm³/mol. The molecule has 0 amide bonds. The van der Waals surface area contributed by atoms with E-state index in [2.05, 4.69) is 10.1 Å². The van der Waals surface area contributed by atoms with E-state index in [1.165, 1.54) is 0 Å². The van der Waals surface area contributed by atoms with Crippen molar-refractivity contribution in [2.45, 2.75) is 19.9 Å². The Morgan fingerprint density at radius 2 is 2.00 bits per heavy atom. The molecule has 1 unspecified atom stereocenters. The van der Waals surface area contributed by atoms with E-state index < -0.39 is 17.7 Å². The van der Waals surface area contributed by atoms with Crippen LogP contribution in [0.4, 0.5) is 8.78 Å². The molecule has 0 aliphatic heterocycles. The Morgan fingerprint density at radius 1 is 1.28 bits per heavy atom. The van der Waals surface area contributed by atoms with Gasteiger partial charge in [-0.15, -0.1) is 0 Å². The SMILES string of the molecule is CC(C)C(N)c1noc(-c2cc(F)ccc2F)n1. The molecule has 0 aliphatic rings. The van der Waals surface area contributed by atoms with Gasteiger partial charge in [-0.05, 0) is 24.1 Å². The van der Waals surface area contributed by atoms with Crippen LogP contribution in [0.2, 0.25) is 0 Å². The zero-order valence-electron chi connectivity index (χ0n) is 10.0. The Morgan fingerprint density at radius 3 is 2.67 bits per heavy atom. The van der Waals surface area contributed by atoms with Gasteiger partial charge < -0.3 is 10.3 Å². The van der Waals surface area contributed by atoms with Crippen LogP contribution < -0.4 is 5.73 Å². The van der Waals surface area contributed by atoms with Gasteiger partial charge in [0.15, 0.2) is 5.82 Å². The van der Waals surface area contributed by atoms with E-state index in [1.807, 2.05) is 13.8 Å². The number of rotatable bonds is 3. The summed E-state index contributed by atoms with van der Waals surface area (Å²) in [5.74, 6) is -0.862. The molecule has 0 bridgehead atoms. The molecule has 0 saturated heterocycles. The maximum Gasteiger partial charge on any atom is 0.261 e. The largest absolute Gasteiger partial charge is 0.334 e. The van der Waals surface area contributed by atoms with Crippen LogP contribution in [0, 0.1) is 17.6 Å². The lowest BCUT2D eigenvalue weighted by Gasteiger charge is -2.09. The minimum atomic E-state index is -0.621. The van der Waals surface area contributed by atoms with Crippen molar-refractivity contribution in [3.05, 3.63) is 35.7 Å². The van der Waals surface area contributed by atoms with E-state index in [9.17, 15) is 8.78 Å². The summed E-state index contributed by atoms with van der Waals surface area (Å²) in [7, 11) is 0. The number of aromatic nitrogens is 2. The summed E-state index contributed by atoms with van der Waals surface area (Å²) < 4.78 is 31.5. The number of nitrogens with zero attached hydrogens (tertiary/aromatic N) is 2. The first kappa shape index (κ1) is 12.6. The molecule has 0 spiro atoms. The fraction of sp³-hybridized carbons (Fsp3) is 0.333. The van der Waals surface area contributed by atoms with Gasteiger partial charge in [-0.1, -0.05) is 19.0 Å².